The maximum atomic E-state index is 5.80. The molecule has 2 aromatic heterocycles. The Bertz CT molecular complexity index is 2340. The molecule has 0 spiro atoms. The summed E-state index contributed by atoms with van der Waals surface area (Å²) in [6, 6.07) is 17.1. The molecule has 2 aliphatic heterocycles. The Balaban J connectivity index is 0.000000208. The molecule has 6 N–H and O–H groups in total. The predicted octanol–water partition coefficient (Wildman–Crippen LogP) is 13.0. The van der Waals surface area contributed by atoms with Crippen LogP contribution in [0, 0.1) is 24.7 Å². The highest BCUT2D eigenvalue weighted by molar-refractivity contribution is 8.26. The maximum absolute atomic E-state index is 5.80. The first-order chi connectivity index (χ1) is 30.9. The number of ether oxygens (including phenoxy) is 1. The molecule has 1 saturated heterocycles. The number of allylic oxidation sites excluding steroid dienone is 5. The fourth-order valence-corrected chi connectivity index (χ4v) is 10.2. The fraction of sp³-hybridized carbons (Fsp3) is 0.444. The number of fused-ring (bicyclic) bond motifs is 3. The summed E-state index contributed by atoms with van der Waals surface area (Å²) in [6.45, 7) is 31.0. The van der Waals surface area contributed by atoms with Crippen molar-refractivity contribution in [2.75, 3.05) is 37.9 Å². The number of hydrogen-bond acceptors (Lipinski definition) is 10. The second kappa shape index (κ2) is 25.5. The van der Waals surface area contributed by atoms with Gasteiger partial charge in [-0.15, -0.1) is 20.7 Å². The smallest absolute Gasteiger partial charge is 0.183 e. The lowest BCUT2D eigenvalue weighted by Crippen LogP contribution is -2.32. The summed E-state index contributed by atoms with van der Waals surface area (Å²) in [7, 11) is 1.97. The summed E-state index contributed by atoms with van der Waals surface area (Å²) in [6.07, 6.45) is 15.0. The van der Waals surface area contributed by atoms with Crippen molar-refractivity contribution in [1.82, 2.24) is 24.9 Å². The third kappa shape index (κ3) is 16.7. The molecule has 2 fully saturated rings. The number of para-hydroxylation sites is 1. The molecule has 9 nitrogen and oxygen atoms in total. The first kappa shape index (κ1) is 52.5. The van der Waals surface area contributed by atoms with E-state index in [2.05, 4.69) is 153 Å². The van der Waals surface area contributed by atoms with Crippen molar-refractivity contribution in [2.45, 2.75) is 116 Å². The third-order valence-corrected chi connectivity index (χ3v) is 13.9. The van der Waals surface area contributed by atoms with Gasteiger partial charge in [0.2, 0.25) is 0 Å². The zero-order chi connectivity index (χ0) is 47.7. The van der Waals surface area contributed by atoms with Crippen LogP contribution in [0.5, 0.6) is 5.75 Å². The fourth-order valence-electron chi connectivity index (χ4n) is 7.66. The molecule has 0 bridgehead atoms. The molecule has 1 aliphatic carbocycles. The summed E-state index contributed by atoms with van der Waals surface area (Å²) < 4.78 is 8.86. The zero-order valence-electron chi connectivity index (χ0n) is 40.9. The van der Waals surface area contributed by atoms with Crippen LogP contribution in [-0.4, -0.2) is 65.9 Å². The number of pyridine rings is 1. The lowest BCUT2D eigenvalue weighted by Gasteiger charge is -2.28. The Labute approximate surface area is 397 Å². The largest absolute Gasteiger partial charge is 0.497 e. The molecule has 354 valence electrons. The van der Waals surface area contributed by atoms with E-state index >= 15 is 0 Å². The van der Waals surface area contributed by atoms with Crippen LogP contribution >= 0.6 is 20.7 Å². The van der Waals surface area contributed by atoms with Gasteiger partial charge in [-0.05, 0) is 120 Å². The molecule has 2 aromatic carbocycles. The Hall–Kier alpha value is -5.13. The minimum Gasteiger partial charge on any atom is -0.497 e. The number of anilines is 2. The summed E-state index contributed by atoms with van der Waals surface area (Å²) in [5.74, 6) is 11.7. The van der Waals surface area contributed by atoms with Crippen molar-refractivity contribution in [2.24, 2.45) is 23.5 Å². The normalized spacial score (nSPS) is 19.3. The third-order valence-electron chi connectivity index (χ3n) is 11.2. The number of rotatable bonds is 10. The molecule has 4 aromatic rings. The van der Waals surface area contributed by atoms with Gasteiger partial charge in [0.25, 0.3) is 0 Å². The van der Waals surface area contributed by atoms with E-state index in [-0.39, 0.29) is 6.04 Å². The van der Waals surface area contributed by atoms with Crippen molar-refractivity contribution >= 4 is 54.2 Å². The predicted molar refractivity (Wildman–Crippen MR) is 290 cm³/mol. The molecule has 2 unspecified atom stereocenters. The van der Waals surface area contributed by atoms with Crippen LogP contribution in [0.2, 0.25) is 0 Å². The van der Waals surface area contributed by atoms with E-state index in [1.807, 2.05) is 30.6 Å². The highest BCUT2D eigenvalue weighted by Crippen LogP contribution is 2.46. The first-order valence-corrected chi connectivity index (χ1v) is 26.2. The van der Waals surface area contributed by atoms with E-state index in [4.69, 9.17) is 15.5 Å². The number of aromatic nitrogens is 2. The minimum absolute atomic E-state index is 0.287. The number of aryl methyl sites for hydroxylation is 1. The van der Waals surface area contributed by atoms with E-state index < -0.39 is 9.39 Å². The molecule has 7 rings (SSSR count). The molecule has 11 heteroatoms. The summed E-state index contributed by atoms with van der Waals surface area (Å²) in [5.41, 5.74) is 14.9. The van der Waals surface area contributed by atoms with Gasteiger partial charge in [-0.3, -0.25) is 0 Å². The van der Waals surface area contributed by atoms with Crippen LogP contribution in [0.15, 0.2) is 120 Å². The van der Waals surface area contributed by atoms with Gasteiger partial charge in [-0.2, -0.15) is 0 Å². The van der Waals surface area contributed by atoms with Gasteiger partial charge < -0.3 is 36.0 Å². The van der Waals surface area contributed by atoms with Crippen molar-refractivity contribution in [3.8, 4) is 17.1 Å². The molecular weight excluding hydrogens is 841 g/mol. The second-order valence-corrected chi connectivity index (χ2v) is 21.6. The number of thiazole rings is 1. The van der Waals surface area contributed by atoms with Gasteiger partial charge >= 0.3 is 0 Å². The Morgan fingerprint density at radius 3 is 2.42 bits per heavy atom. The van der Waals surface area contributed by atoms with Gasteiger partial charge in [0.15, 0.2) is 5.13 Å². The van der Waals surface area contributed by atoms with Gasteiger partial charge in [0.05, 0.1) is 24.4 Å². The number of hydrogen-bond donors (Lipinski definition) is 5. The standard InChI is InChI=1S/C20H28N2S.C17H19N3OS.C13H23N3.C4H10/c1-16-18-15-17(18)11-7-5-4-6-10-14-21-19-12-8-9-13-20(19)23(2,3)22-16;1-10(2)18-17-20-16(9-22-17)15-7-11(3)13-6-5-12(21-4)8-14(13)19-15;1-10(15-4)7-8-11(2)16-9-5-6-13(16)12(3)14;1-4(2)3/h7-9,11-13,17-18,21-22H,1-6,10,14-15H2;5-10H,1-4H3,(H,18,20);13,15H,1-3,5-9,14H2,4H3;4H,1-3H3/b11-7-;;;/t;;13-;/m..0./s1. The molecule has 0 radical (unpaired) electrons. The number of nitrogens with zero attached hydrogens (tertiary/aromatic N) is 3. The summed E-state index contributed by atoms with van der Waals surface area (Å²) in [5, 5.41) is 14.1. The zero-order valence-corrected chi connectivity index (χ0v) is 42.5. The first-order valence-electron chi connectivity index (χ1n) is 23.3. The van der Waals surface area contributed by atoms with Gasteiger partial charge in [-0.25, -0.2) is 9.97 Å². The van der Waals surface area contributed by atoms with Crippen LogP contribution in [-0.2, 0) is 0 Å². The topological polar surface area (TPSA) is 112 Å². The average Bonchev–Trinajstić information content (AvgIpc) is 3.60. The van der Waals surface area contributed by atoms with Crippen LogP contribution in [0.25, 0.3) is 22.3 Å². The number of nitrogens with two attached hydrogens (primary N) is 1. The molecule has 1 saturated carbocycles. The van der Waals surface area contributed by atoms with Gasteiger partial charge in [0.1, 0.15) is 11.4 Å². The lowest BCUT2D eigenvalue weighted by atomic mass is 10.1. The number of likely N-dealkylation sites (tertiary alicyclic amines) is 1. The van der Waals surface area contributed by atoms with Crippen LogP contribution in [0.3, 0.4) is 0 Å². The van der Waals surface area contributed by atoms with Crippen molar-refractivity contribution in [1.29, 1.82) is 0 Å². The molecule has 3 aliphatic rings. The number of nitrogens with one attached hydrogen (secondary N) is 4. The monoisotopic (exact) mass is 921 g/mol. The van der Waals surface area contributed by atoms with Gasteiger partial charge in [0, 0.05) is 82.3 Å². The molecular formula is C54H80N8OS2. The van der Waals surface area contributed by atoms with Crippen LogP contribution in [0.4, 0.5) is 10.8 Å². The summed E-state index contributed by atoms with van der Waals surface area (Å²) in [4.78, 5) is 12.8. The van der Waals surface area contributed by atoms with Crippen molar-refractivity contribution in [3.63, 3.8) is 0 Å². The highest BCUT2D eigenvalue weighted by atomic mass is 32.2. The SMILES string of the molecule is C=C(CCC(=C)N1CCC[C@H]1C(=C)N)NC.C=C1NS(=C)(=C)c2ccccc2NCCCCC/C=C\C2CC12.CC(C)C.COc1ccc2c(C)cc(-c3csc(NC(C)C)n3)nc2c1. The highest BCUT2D eigenvalue weighted by Gasteiger charge is 2.37. The van der Waals surface area contributed by atoms with E-state index in [9.17, 15) is 0 Å². The van der Waals surface area contributed by atoms with Crippen molar-refractivity contribution < 1.29 is 4.74 Å². The molecule has 3 atom stereocenters. The van der Waals surface area contributed by atoms with Gasteiger partial charge in [-0.1, -0.05) is 89.5 Å². The molecule has 65 heavy (non-hydrogen) atoms. The Morgan fingerprint density at radius 1 is 0.985 bits per heavy atom. The van der Waals surface area contributed by atoms with Crippen LogP contribution in [0.1, 0.15) is 98.0 Å². The average molecular weight is 921 g/mol. The molecule has 4 heterocycles. The number of methoxy groups -OCH3 is 1. The lowest BCUT2D eigenvalue weighted by molar-refractivity contribution is 0.341. The summed E-state index contributed by atoms with van der Waals surface area (Å²) >= 11 is 1.60. The van der Waals surface area contributed by atoms with E-state index in [0.717, 1.165) is 99.9 Å². The maximum Gasteiger partial charge on any atom is 0.183 e. The second-order valence-electron chi connectivity index (χ2n) is 18.3. The van der Waals surface area contributed by atoms with Crippen molar-refractivity contribution in [3.05, 3.63) is 121 Å². The Morgan fingerprint density at radius 2 is 1.72 bits per heavy atom. The van der Waals surface area contributed by atoms with E-state index in [0.29, 0.717) is 17.9 Å². The van der Waals surface area contributed by atoms with Crippen LogP contribution < -0.4 is 31.1 Å². The van der Waals surface area contributed by atoms with E-state index in [1.54, 1.807) is 18.4 Å². The minimum atomic E-state index is -1.59. The van der Waals surface area contributed by atoms with E-state index in [1.165, 1.54) is 49.0 Å². The number of benzene rings is 2. The Kier molecular flexibility index (Phi) is 20.6. The molecule has 0 amide bonds. The quantitative estimate of drug-likeness (QED) is 0.0784.